The number of hydrogen-bond donors (Lipinski definition) is 3. The van der Waals surface area contributed by atoms with Gasteiger partial charge in [-0.1, -0.05) is 24.3 Å². The highest BCUT2D eigenvalue weighted by Gasteiger charge is 2.06. The topological polar surface area (TPSA) is 106 Å². The molecule has 7 nitrogen and oxygen atoms in total. The average molecular weight is 532 g/mol. The Hall–Kier alpha value is -1.85. The number of halogens is 1. The number of sulfonamides is 1. The molecule has 9 heteroatoms. The molecule has 0 aromatic heterocycles. The van der Waals surface area contributed by atoms with Gasteiger partial charge in [0.2, 0.25) is 10.0 Å². The number of methoxy groups -OCH3 is 1. The van der Waals surface area contributed by atoms with Gasteiger partial charge in [0.1, 0.15) is 5.75 Å². The maximum atomic E-state index is 11.3. The Morgan fingerprint density at radius 2 is 1.59 bits per heavy atom. The lowest BCUT2D eigenvalue weighted by Crippen LogP contribution is -2.38. The number of nitrogens with one attached hydrogen (secondary N) is 2. The zero-order chi connectivity index (χ0) is 20.4. The van der Waals surface area contributed by atoms with E-state index in [9.17, 15) is 8.42 Å². The van der Waals surface area contributed by atoms with E-state index in [0.717, 1.165) is 36.8 Å². The lowest BCUT2D eigenvalue weighted by molar-refractivity contribution is 0.414. The molecule has 0 aliphatic carbocycles. The minimum atomic E-state index is -3.65. The molecule has 0 aliphatic heterocycles. The van der Waals surface area contributed by atoms with Gasteiger partial charge in [0.15, 0.2) is 5.96 Å². The molecule has 0 spiro atoms. The summed E-state index contributed by atoms with van der Waals surface area (Å²) in [6.45, 7) is 4.15. The van der Waals surface area contributed by atoms with Crippen LogP contribution in [-0.2, 0) is 22.9 Å². The van der Waals surface area contributed by atoms with E-state index in [2.05, 4.69) is 27.8 Å². The van der Waals surface area contributed by atoms with Crippen molar-refractivity contribution >= 4 is 40.0 Å². The molecular formula is C20H29IN4O3S. The third-order valence-electron chi connectivity index (χ3n) is 4.13. The fourth-order valence-corrected chi connectivity index (χ4v) is 3.12. The Kier molecular flexibility index (Phi) is 11.0. The molecule has 160 valence electrons. The van der Waals surface area contributed by atoms with E-state index in [4.69, 9.17) is 9.88 Å². The summed E-state index contributed by atoms with van der Waals surface area (Å²) in [6, 6.07) is 14.6. The first kappa shape index (κ1) is 25.2. The molecule has 0 saturated heterocycles. The van der Waals surface area contributed by atoms with E-state index in [0.29, 0.717) is 13.0 Å². The predicted octanol–water partition coefficient (Wildman–Crippen LogP) is 2.30. The van der Waals surface area contributed by atoms with Gasteiger partial charge < -0.3 is 15.4 Å². The normalized spacial score (nSPS) is 11.5. The van der Waals surface area contributed by atoms with Gasteiger partial charge in [-0.05, 0) is 55.2 Å². The van der Waals surface area contributed by atoms with Crippen LogP contribution >= 0.6 is 24.0 Å². The van der Waals surface area contributed by atoms with Gasteiger partial charge >= 0.3 is 0 Å². The van der Waals surface area contributed by atoms with Gasteiger partial charge in [0.05, 0.1) is 12.0 Å². The summed E-state index contributed by atoms with van der Waals surface area (Å²) in [6.07, 6.45) is 1.59. The number of aliphatic imine (C=N–C) groups is 1. The van der Waals surface area contributed by atoms with E-state index < -0.39 is 10.0 Å². The molecule has 0 fully saturated rings. The summed E-state index contributed by atoms with van der Waals surface area (Å²) in [5.74, 6) is 1.61. The largest absolute Gasteiger partial charge is 0.497 e. The van der Waals surface area contributed by atoms with Crippen LogP contribution in [0.3, 0.4) is 0 Å². The van der Waals surface area contributed by atoms with Crippen molar-refractivity contribution in [1.82, 2.24) is 10.6 Å². The molecule has 2 rings (SSSR count). The van der Waals surface area contributed by atoms with Crippen LogP contribution in [-0.4, -0.2) is 41.1 Å². The van der Waals surface area contributed by atoms with Crippen LogP contribution in [0.25, 0.3) is 0 Å². The Bertz CT molecular complexity index is 870. The molecule has 0 saturated carbocycles. The maximum absolute atomic E-state index is 11.3. The zero-order valence-corrected chi connectivity index (χ0v) is 19.9. The Morgan fingerprint density at radius 1 is 1.00 bits per heavy atom. The van der Waals surface area contributed by atoms with Crippen LogP contribution in [0.15, 0.2) is 58.4 Å². The molecule has 0 radical (unpaired) electrons. The standard InChI is InChI=1S/C20H28N4O3S.HI/c1-3-22-20(23-14-12-16-4-8-18(27-2)9-5-16)24-15-13-17-6-10-19(11-7-17)28(21,25)26;/h4-11H,3,12-15H2,1-2H3,(H2,21,25,26)(H2,22,23,24);1H. The molecule has 4 N–H and O–H groups in total. The van der Waals surface area contributed by atoms with Gasteiger partial charge in [-0.2, -0.15) is 0 Å². The molecule has 29 heavy (non-hydrogen) atoms. The van der Waals surface area contributed by atoms with Crippen LogP contribution in [0.4, 0.5) is 0 Å². The first-order chi connectivity index (χ1) is 13.4. The maximum Gasteiger partial charge on any atom is 0.238 e. The summed E-state index contributed by atoms with van der Waals surface area (Å²) in [5.41, 5.74) is 2.23. The average Bonchev–Trinajstić information content (AvgIpc) is 2.68. The fourth-order valence-electron chi connectivity index (χ4n) is 2.60. The minimum absolute atomic E-state index is 0. The molecule has 2 aromatic rings. The quantitative estimate of drug-likeness (QED) is 0.261. The monoisotopic (exact) mass is 532 g/mol. The van der Waals surface area contributed by atoms with E-state index >= 15 is 0 Å². The lowest BCUT2D eigenvalue weighted by Gasteiger charge is -2.11. The number of nitrogens with zero attached hydrogens (tertiary/aromatic N) is 1. The highest BCUT2D eigenvalue weighted by molar-refractivity contribution is 14.0. The van der Waals surface area contributed by atoms with E-state index in [1.165, 1.54) is 17.7 Å². The Morgan fingerprint density at radius 3 is 2.14 bits per heavy atom. The van der Waals surface area contributed by atoms with Crippen molar-refractivity contribution in [2.75, 3.05) is 26.7 Å². The van der Waals surface area contributed by atoms with Crippen LogP contribution in [0.5, 0.6) is 5.75 Å². The van der Waals surface area contributed by atoms with Crippen molar-refractivity contribution in [2.24, 2.45) is 10.1 Å². The molecule has 0 amide bonds. The number of ether oxygens (including phenoxy) is 1. The van der Waals surface area contributed by atoms with Crippen LogP contribution in [0.2, 0.25) is 0 Å². The van der Waals surface area contributed by atoms with E-state index in [1.54, 1.807) is 19.2 Å². The fraction of sp³-hybridized carbons (Fsp3) is 0.350. The second-order valence-corrected chi connectivity index (χ2v) is 7.79. The number of primary sulfonamides is 1. The second-order valence-electron chi connectivity index (χ2n) is 6.22. The highest BCUT2D eigenvalue weighted by Crippen LogP contribution is 2.11. The molecule has 0 heterocycles. The molecule has 0 aliphatic rings. The first-order valence-electron chi connectivity index (χ1n) is 9.19. The predicted molar refractivity (Wildman–Crippen MR) is 128 cm³/mol. The van der Waals surface area contributed by atoms with Crippen LogP contribution < -0.4 is 20.5 Å². The second kappa shape index (κ2) is 12.7. The number of hydrogen-bond acceptors (Lipinski definition) is 4. The highest BCUT2D eigenvalue weighted by atomic mass is 127. The third-order valence-corrected chi connectivity index (χ3v) is 5.06. The van der Waals surface area contributed by atoms with Crippen molar-refractivity contribution < 1.29 is 13.2 Å². The third kappa shape index (κ3) is 9.01. The molecule has 0 bridgehead atoms. The summed E-state index contributed by atoms with van der Waals surface area (Å²) < 4.78 is 27.7. The SMILES string of the molecule is CCNC(=NCCc1ccc(S(N)(=O)=O)cc1)NCCc1ccc(OC)cc1.I. The number of rotatable bonds is 9. The van der Waals surface area contributed by atoms with E-state index in [1.807, 2.05) is 19.1 Å². The Labute approximate surface area is 190 Å². The summed E-state index contributed by atoms with van der Waals surface area (Å²) in [4.78, 5) is 4.69. The number of benzene rings is 2. The van der Waals surface area contributed by atoms with Gasteiger partial charge in [0.25, 0.3) is 0 Å². The smallest absolute Gasteiger partial charge is 0.238 e. The first-order valence-corrected chi connectivity index (χ1v) is 10.7. The van der Waals surface area contributed by atoms with Crippen molar-refractivity contribution in [1.29, 1.82) is 0 Å². The van der Waals surface area contributed by atoms with Crippen LogP contribution in [0.1, 0.15) is 18.1 Å². The molecular weight excluding hydrogens is 503 g/mol. The van der Waals surface area contributed by atoms with E-state index in [-0.39, 0.29) is 28.9 Å². The Balaban J connectivity index is 0.00000420. The van der Waals surface area contributed by atoms with Crippen molar-refractivity contribution in [3.05, 3.63) is 59.7 Å². The van der Waals surface area contributed by atoms with Gasteiger partial charge in [-0.15, -0.1) is 24.0 Å². The van der Waals surface area contributed by atoms with Crippen molar-refractivity contribution in [2.45, 2.75) is 24.7 Å². The molecule has 0 atom stereocenters. The van der Waals surface area contributed by atoms with Crippen molar-refractivity contribution in [3.63, 3.8) is 0 Å². The van der Waals surface area contributed by atoms with Crippen molar-refractivity contribution in [3.8, 4) is 5.75 Å². The van der Waals surface area contributed by atoms with Gasteiger partial charge in [-0.25, -0.2) is 13.6 Å². The zero-order valence-electron chi connectivity index (χ0n) is 16.7. The van der Waals surface area contributed by atoms with Gasteiger partial charge in [0, 0.05) is 19.6 Å². The molecule has 2 aromatic carbocycles. The van der Waals surface area contributed by atoms with Gasteiger partial charge in [-0.3, -0.25) is 4.99 Å². The summed E-state index contributed by atoms with van der Waals surface area (Å²) in [5, 5.41) is 11.7. The molecule has 0 unspecified atom stereocenters. The minimum Gasteiger partial charge on any atom is -0.497 e. The summed E-state index contributed by atoms with van der Waals surface area (Å²) >= 11 is 0. The number of nitrogens with two attached hydrogens (primary N) is 1. The lowest BCUT2D eigenvalue weighted by atomic mass is 10.1. The number of guanidine groups is 1. The van der Waals surface area contributed by atoms with Crippen LogP contribution in [0, 0.1) is 0 Å². The summed E-state index contributed by atoms with van der Waals surface area (Å²) in [7, 11) is -2.00.